The zero-order chi connectivity index (χ0) is 30.3. The minimum Gasteiger partial charge on any atom is -0.497 e. The second-order valence-corrected chi connectivity index (χ2v) is 12.3. The second kappa shape index (κ2) is 14.7. The Labute approximate surface area is 246 Å². The molecular weight excluding hydrogens is 512 g/mol. The molecule has 0 radical (unpaired) electrons. The largest absolute Gasteiger partial charge is 0.497 e. The monoisotopic (exact) mass is 560 g/mol. The molecule has 2 aromatic rings. The molecule has 0 heterocycles. The molecule has 5 heteroatoms. The molecule has 0 amide bonds. The van der Waals surface area contributed by atoms with Crippen molar-refractivity contribution in [2.75, 3.05) is 7.11 Å². The third kappa shape index (κ3) is 8.24. The average Bonchev–Trinajstić information content (AvgIpc) is 2.90. The molecule has 0 aromatic heterocycles. The number of carbonyl (C=O) groups excluding carboxylic acids is 4. The minimum atomic E-state index is -0.138. The molecule has 222 valence electrons. The highest BCUT2D eigenvalue weighted by atomic mass is 16.5. The lowest BCUT2D eigenvalue weighted by Gasteiger charge is -2.33. The van der Waals surface area contributed by atoms with Crippen LogP contribution in [0.15, 0.2) is 30.3 Å². The fourth-order valence-corrected chi connectivity index (χ4v) is 6.83. The molecule has 41 heavy (non-hydrogen) atoms. The van der Waals surface area contributed by atoms with Gasteiger partial charge >= 0.3 is 0 Å². The van der Waals surface area contributed by atoms with Gasteiger partial charge in [0.2, 0.25) is 0 Å². The van der Waals surface area contributed by atoms with Gasteiger partial charge < -0.3 is 4.74 Å². The Bertz CT molecular complexity index is 1250. The lowest BCUT2D eigenvalue weighted by Crippen LogP contribution is -2.30. The lowest BCUT2D eigenvalue weighted by atomic mass is 9.70. The van der Waals surface area contributed by atoms with Gasteiger partial charge in [-0.05, 0) is 90.8 Å². The molecule has 1 aliphatic rings. The first-order valence-electron chi connectivity index (χ1n) is 15.3. The van der Waals surface area contributed by atoms with Crippen molar-refractivity contribution in [2.45, 2.75) is 105 Å². The third-order valence-electron chi connectivity index (χ3n) is 8.79. The summed E-state index contributed by atoms with van der Waals surface area (Å²) < 4.78 is 5.22. The summed E-state index contributed by atoms with van der Waals surface area (Å²) in [6, 6.07) is 9.73. The molecule has 0 bridgehead atoms. The number of hydrogen-bond acceptors (Lipinski definition) is 5. The molecule has 0 saturated carbocycles. The Kier molecular flexibility index (Phi) is 11.6. The van der Waals surface area contributed by atoms with Gasteiger partial charge in [-0.25, -0.2) is 0 Å². The highest BCUT2D eigenvalue weighted by molar-refractivity contribution is 6.01. The third-order valence-corrected chi connectivity index (χ3v) is 8.79. The summed E-state index contributed by atoms with van der Waals surface area (Å²) in [5.74, 6) is 1.43. The van der Waals surface area contributed by atoms with Gasteiger partial charge in [0, 0.05) is 30.7 Å². The van der Waals surface area contributed by atoms with E-state index in [4.69, 9.17) is 4.74 Å². The molecule has 0 fully saturated rings. The number of Topliss-reactive ketones (excluding diaryl/α,β-unsaturated/α-hetero) is 4. The fourth-order valence-electron chi connectivity index (χ4n) is 6.83. The van der Waals surface area contributed by atoms with Crippen LogP contribution < -0.4 is 4.74 Å². The molecule has 0 spiro atoms. The number of benzene rings is 2. The van der Waals surface area contributed by atoms with Crippen molar-refractivity contribution >= 4 is 23.1 Å². The molecule has 0 aliphatic heterocycles. The summed E-state index contributed by atoms with van der Waals surface area (Å²) in [5, 5.41) is 0. The molecule has 3 unspecified atom stereocenters. The van der Waals surface area contributed by atoms with E-state index < -0.39 is 0 Å². The van der Waals surface area contributed by atoms with Crippen molar-refractivity contribution in [3.05, 3.63) is 63.7 Å². The van der Waals surface area contributed by atoms with Crippen LogP contribution in [-0.4, -0.2) is 30.2 Å². The van der Waals surface area contributed by atoms with E-state index in [1.807, 2.05) is 38.1 Å². The smallest absolute Gasteiger partial charge is 0.163 e. The van der Waals surface area contributed by atoms with Crippen LogP contribution in [0.2, 0.25) is 0 Å². The molecule has 5 nitrogen and oxygen atoms in total. The van der Waals surface area contributed by atoms with E-state index in [2.05, 4.69) is 26.8 Å². The number of carbonyl (C=O) groups is 4. The Morgan fingerprint density at radius 2 is 1.71 bits per heavy atom. The van der Waals surface area contributed by atoms with E-state index in [0.29, 0.717) is 19.3 Å². The first-order chi connectivity index (χ1) is 19.5. The molecule has 2 aromatic carbocycles. The summed E-state index contributed by atoms with van der Waals surface area (Å²) in [6.07, 6.45) is 5.35. The van der Waals surface area contributed by atoms with Crippen LogP contribution in [0.3, 0.4) is 0 Å². The van der Waals surface area contributed by atoms with Gasteiger partial charge in [0.05, 0.1) is 13.5 Å². The maximum Gasteiger partial charge on any atom is 0.163 e. The average molecular weight is 561 g/mol. The van der Waals surface area contributed by atoms with E-state index in [-0.39, 0.29) is 53.2 Å². The van der Waals surface area contributed by atoms with E-state index in [1.165, 1.54) is 6.92 Å². The van der Waals surface area contributed by atoms with Crippen molar-refractivity contribution in [2.24, 2.45) is 17.8 Å². The van der Waals surface area contributed by atoms with Crippen molar-refractivity contribution in [1.29, 1.82) is 0 Å². The predicted octanol–water partition coefficient (Wildman–Crippen LogP) is 7.61. The van der Waals surface area contributed by atoms with Crippen molar-refractivity contribution in [3.8, 4) is 5.75 Å². The zero-order valence-corrected chi connectivity index (χ0v) is 26.1. The maximum atomic E-state index is 13.7. The highest BCUT2D eigenvalue weighted by Gasteiger charge is 2.34. The number of rotatable bonds is 15. The van der Waals surface area contributed by atoms with Gasteiger partial charge in [-0.15, -0.1) is 0 Å². The Hall–Kier alpha value is -3.08. The summed E-state index contributed by atoms with van der Waals surface area (Å²) in [7, 11) is 1.62. The van der Waals surface area contributed by atoms with Crippen LogP contribution >= 0.6 is 0 Å². The van der Waals surface area contributed by atoms with E-state index in [0.717, 1.165) is 71.2 Å². The number of ether oxygens (including phenoxy) is 1. The van der Waals surface area contributed by atoms with Gasteiger partial charge in [0.25, 0.3) is 0 Å². The topological polar surface area (TPSA) is 77.5 Å². The van der Waals surface area contributed by atoms with E-state index in [1.54, 1.807) is 7.11 Å². The van der Waals surface area contributed by atoms with E-state index in [9.17, 15) is 19.2 Å². The minimum absolute atomic E-state index is 0.00179. The standard InChI is InChI=1S/C36H48O5/c1-8-10-27(31(9-2)34(39)15-23(5)37)16-26-18-33-32(22(3)4)21-28(24(6)36(33)35(40)19-26)20-29(38)17-25-11-13-30(41-7)14-12-25/h11-14,21-22,26-27,31H,8-10,15-20H2,1-7H3. The molecule has 1 aliphatic carbocycles. The summed E-state index contributed by atoms with van der Waals surface area (Å²) in [4.78, 5) is 51.5. The van der Waals surface area contributed by atoms with Crippen LogP contribution in [0.5, 0.6) is 5.75 Å². The van der Waals surface area contributed by atoms with Gasteiger partial charge in [-0.2, -0.15) is 0 Å². The van der Waals surface area contributed by atoms with Crippen LogP contribution in [0.1, 0.15) is 117 Å². The van der Waals surface area contributed by atoms with Crippen LogP contribution in [0.4, 0.5) is 0 Å². The summed E-state index contributed by atoms with van der Waals surface area (Å²) in [5.41, 5.74) is 5.92. The van der Waals surface area contributed by atoms with Crippen molar-refractivity contribution in [3.63, 3.8) is 0 Å². The van der Waals surface area contributed by atoms with E-state index >= 15 is 0 Å². The number of fused-ring (bicyclic) bond motifs is 1. The summed E-state index contributed by atoms with van der Waals surface area (Å²) in [6.45, 7) is 11.9. The zero-order valence-electron chi connectivity index (χ0n) is 26.1. The Balaban J connectivity index is 1.86. The van der Waals surface area contributed by atoms with Gasteiger partial charge in [0.15, 0.2) is 5.78 Å². The normalized spacial score (nSPS) is 16.3. The van der Waals surface area contributed by atoms with Gasteiger partial charge in [0.1, 0.15) is 23.1 Å². The van der Waals surface area contributed by atoms with Crippen LogP contribution in [0.25, 0.3) is 0 Å². The molecule has 3 rings (SSSR count). The second-order valence-electron chi connectivity index (χ2n) is 12.3. The first-order valence-corrected chi connectivity index (χ1v) is 15.3. The molecule has 3 atom stereocenters. The fraction of sp³-hybridized carbons (Fsp3) is 0.556. The Morgan fingerprint density at radius 3 is 2.27 bits per heavy atom. The lowest BCUT2D eigenvalue weighted by molar-refractivity contribution is -0.130. The highest BCUT2D eigenvalue weighted by Crippen LogP contribution is 2.40. The predicted molar refractivity (Wildman–Crippen MR) is 164 cm³/mol. The maximum absolute atomic E-state index is 13.7. The molecule has 0 saturated heterocycles. The van der Waals surface area contributed by atoms with Gasteiger partial charge in [-0.3, -0.25) is 19.2 Å². The number of hydrogen-bond donors (Lipinski definition) is 0. The SMILES string of the molecule is CCCC(CC1CC(=O)c2c(C)c(CC(=O)Cc3ccc(OC)cc3)cc(C(C)C)c2C1)C(CC)C(=O)CC(C)=O. The first kappa shape index (κ1) is 32.4. The summed E-state index contributed by atoms with van der Waals surface area (Å²) >= 11 is 0. The number of ketones is 4. The van der Waals surface area contributed by atoms with Gasteiger partial charge in [-0.1, -0.05) is 58.7 Å². The van der Waals surface area contributed by atoms with Crippen LogP contribution in [-0.2, 0) is 33.6 Å². The van der Waals surface area contributed by atoms with Crippen molar-refractivity contribution in [1.82, 2.24) is 0 Å². The number of methoxy groups -OCH3 is 1. The molecular formula is C36H48O5. The van der Waals surface area contributed by atoms with Crippen LogP contribution in [0, 0.1) is 24.7 Å². The Morgan fingerprint density at radius 1 is 1.02 bits per heavy atom. The quantitative estimate of drug-likeness (QED) is 0.210. The molecule has 0 N–H and O–H groups in total. The van der Waals surface area contributed by atoms with Crippen molar-refractivity contribution < 1.29 is 23.9 Å².